The topological polar surface area (TPSA) is 54.5 Å². The van der Waals surface area contributed by atoms with Crippen molar-refractivity contribution in [2.24, 2.45) is 5.92 Å². The van der Waals surface area contributed by atoms with Gasteiger partial charge < -0.3 is 15.0 Å². The summed E-state index contributed by atoms with van der Waals surface area (Å²) in [5.74, 6) is 0.483. The molecule has 2 heterocycles. The van der Waals surface area contributed by atoms with Gasteiger partial charge in [-0.3, -0.25) is 4.98 Å². The molecule has 0 radical (unpaired) electrons. The number of aryl methyl sites for hydroxylation is 1. The molecule has 1 saturated heterocycles. The van der Waals surface area contributed by atoms with Crippen LogP contribution in [0.3, 0.4) is 0 Å². The van der Waals surface area contributed by atoms with E-state index in [-0.39, 0.29) is 17.9 Å². The molecule has 0 aliphatic carbocycles. The molecule has 25 heavy (non-hydrogen) atoms. The standard InChI is InChI=1S/C20H25N3O2/c1-15-6-8-16(9-7-15)11-22-20(24)23-12-17(14-25-2)18(13-23)19-5-3-4-10-21-19/h3-10,17-18H,11-14H2,1-2H3,(H,22,24)/t17-,18+/m0/s1. The van der Waals surface area contributed by atoms with Crippen LogP contribution in [0.1, 0.15) is 22.7 Å². The second-order valence-electron chi connectivity index (χ2n) is 6.63. The van der Waals surface area contributed by atoms with Crippen molar-refractivity contribution in [1.29, 1.82) is 0 Å². The van der Waals surface area contributed by atoms with Gasteiger partial charge in [0.2, 0.25) is 0 Å². The number of rotatable bonds is 5. The third-order valence-corrected chi connectivity index (χ3v) is 4.74. The van der Waals surface area contributed by atoms with Crippen LogP contribution in [0.25, 0.3) is 0 Å². The Balaban J connectivity index is 1.62. The highest BCUT2D eigenvalue weighted by Crippen LogP contribution is 2.31. The first-order chi connectivity index (χ1) is 12.2. The molecule has 0 saturated carbocycles. The normalized spacial score (nSPS) is 19.8. The van der Waals surface area contributed by atoms with E-state index in [1.165, 1.54) is 5.56 Å². The van der Waals surface area contributed by atoms with Gasteiger partial charge in [-0.25, -0.2) is 4.79 Å². The molecular weight excluding hydrogens is 314 g/mol. The Morgan fingerprint density at radius 1 is 1.24 bits per heavy atom. The zero-order valence-electron chi connectivity index (χ0n) is 14.8. The van der Waals surface area contributed by atoms with Crippen molar-refractivity contribution >= 4 is 6.03 Å². The second kappa shape index (κ2) is 8.12. The monoisotopic (exact) mass is 339 g/mol. The van der Waals surface area contributed by atoms with Crippen LogP contribution in [0.5, 0.6) is 0 Å². The van der Waals surface area contributed by atoms with E-state index in [2.05, 4.69) is 29.4 Å². The third kappa shape index (κ3) is 4.37. The van der Waals surface area contributed by atoms with E-state index in [1.54, 1.807) is 13.3 Å². The number of carbonyl (C=O) groups is 1. The molecule has 2 amide bonds. The number of hydrogen-bond donors (Lipinski definition) is 1. The molecule has 0 bridgehead atoms. The van der Waals surface area contributed by atoms with Gasteiger partial charge in [-0.05, 0) is 24.6 Å². The number of aromatic nitrogens is 1. The summed E-state index contributed by atoms with van der Waals surface area (Å²) in [5, 5.41) is 3.02. The van der Waals surface area contributed by atoms with E-state index < -0.39 is 0 Å². The van der Waals surface area contributed by atoms with Crippen molar-refractivity contribution in [2.75, 3.05) is 26.8 Å². The highest BCUT2D eigenvalue weighted by atomic mass is 16.5. The van der Waals surface area contributed by atoms with E-state index in [0.29, 0.717) is 26.2 Å². The Labute approximate surface area is 149 Å². The Bertz CT molecular complexity index is 688. The number of carbonyl (C=O) groups excluding carboxylic acids is 1. The molecule has 2 aromatic rings. The number of urea groups is 1. The molecule has 1 fully saturated rings. The van der Waals surface area contributed by atoms with Crippen LogP contribution in [-0.2, 0) is 11.3 Å². The van der Waals surface area contributed by atoms with Gasteiger partial charge in [-0.1, -0.05) is 35.9 Å². The molecule has 5 heteroatoms. The fraction of sp³-hybridized carbons (Fsp3) is 0.400. The van der Waals surface area contributed by atoms with E-state index in [0.717, 1.165) is 11.3 Å². The first kappa shape index (κ1) is 17.4. The smallest absolute Gasteiger partial charge is 0.317 e. The van der Waals surface area contributed by atoms with Crippen LogP contribution < -0.4 is 5.32 Å². The molecule has 2 atom stereocenters. The summed E-state index contributed by atoms with van der Waals surface area (Å²) >= 11 is 0. The van der Waals surface area contributed by atoms with Crippen LogP contribution in [-0.4, -0.2) is 42.7 Å². The maximum atomic E-state index is 12.6. The number of pyridine rings is 1. The Morgan fingerprint density at radius 3 is 2.72 bits per heavy atom. The Morgan fingerprint density at radius 2 is 2.04 bits per heavy atom. The lowest BCUT2D eigenvalue weighted by Gasteiger charge is -2.17. The fourth-order valence-electron chi connectivity index (χ4n) is 3.35. The molecule has 1 aliphatic heterocycles. The van der Waals surface area contributed by atoms with Crippen molar-refractivity contribution in [3.05, 3.63) is 65.5 Å². The number of amides is 2. The maximum Gasteiger partial charge on any atom is 0.317 e. The van der Waals surface area contributed by atoms with Gasteiger partial charge in [0.15, 0.2) is 0 Å². The lowest BCUT2D eigenvalue weighted by molar-refractivity contribution is 0.147. The zero-order valence-corrected chi connectivity index (χ0v) is 14.8. The Kier molecular flexibility index (Phi) is 5.66. The highest BCUT2D eigenvalue weighted by molar-refractivity contribution is 5.74. The number of likely N-dealkylation sites (tertiary alicyclic amines) is 1. The second-order valence-corrected chi connectivity index (χ2v) is 6.63. The summed E-state index contributed by atoms with van der Waals surface area (Å²) in [7, 11) is 1.70. The summed E-state index contributed by atoms with van der Waals surface area (Å²) in [5.41, 5.74) is 3.35. The molecule has 1 aromatic heterocycles. The van der Waals surface area contributed by atoms with Gasteiger partial charge in [0.25, 0.3) is 0 Å². The molecule has 0 spiro atoms. The average Bonchev–Trinajstić information content (AvgIpc) is 3.06. The number of methoxy groups -OCH3 is 1. The zero-order chi connectivity index (χ0) is 17.6. The molecular formula is C20H25N3O2. The maximum absolute atomic E-state index is 12.6. The lowest BCUT2D eigenvalue weighted by Crippen LogP contribution is -2.38. The summed E-state index contributed by atoms with van der Waals surface area (Å²) in [6.45, 7) is 4.58. The van der Waals surface area contributed by atoms with Crippen molar-refractivity contribution < 1.29 is 9.53 Å². The summed E-state index contributed by atoms with van der Waals surface area (Å²) in [6.07, 6.45) is 1.80. The molecule has 3 rings (SSSR count). The van der Waals surface area contributed by atoms with Gasteiger partial charge in [-0.2, -0.15) is 0 Å². The minimum Gasteiger partial charge on any atom is -0.384 e. The molecule has 1 N–H and O–H groups in total. The summed E-state index contributed by atoms with van der Waals surface area (Å²) in [4.78, 5) is 18.9. The first-order valence-corrected chi connectivity index (χ1v) is 8.65. The average molecular weight is 339 g/mol. The fourth-order valence-corrected chi connectivity index (χ4v) is 3.35. The van der Waals surface area contributed by atoms with Crippen molar-refractivity contribution in [3.8, 4) is 0 Å². The minimum atomic E-state index is -0.0277. The van der Waals surface area contributed by atoms with E-state index in [9.17, 15) is 4.79 Å². The predicted octanol–water partition coefficient (Wildman–Crippen LogP) is 2.96. The molecule has 5 nitrogen and oxygen atoms in total. The van der Waals surface area contributed by atoms with Crippen LogP contribution >= 0.6 is 0 Å². The first-order valence-electron chi connectivity index (χ1n) is 8.65. The van der Waals surface area contributed by atoms with Crippen molar-refractivity contribution in [1.82, 2.24) is 15.2 Å². The highest BCUT2D eigenvalue weighted by Gasteiger charge is 2.36. The van der Waals surface area contributed by atoms with E-state index in [4.69, 9.17) is 4.74 Å². The predicted molar refractivity (Wildman–Crippen MR) is 97.3 cm³/mol. The number of nitrogens with zero attached hydrogens (tertiary/aromatic N) is 2. The molecule has 132 valence electrons. The van der Waals surface area contributed by atoms with Crippen LogP contribution in [0.4, 0.5) is 4.79 Å². The largest absolute Gasteiger partial charge is 0.384 e. The molecule has 0 unspecified atom stereocenters. The quantitative estimate of drug-likeness (QED) is 0.911. The Hall–Kier alpha value is -2.40. The van der Waals surface area contributed by atoms with Gasteiger partial charge in [0.1, 0.15) is 0 Å². The van der Waals surface area contributed by atoms with Gasteiger partial charge in [0, 0.05) is 50.5 Å². The van der Waals surface area contributed by atoms with Gasteiger partial charge >= 0.3 is 6.03 Å². The van der Waals surface area contributed by atoms with Gasteiger partial charge in [0.05, 0.1) is 6.61 Å². The van der Waals surface area contributed by atoms with Crippen LogP contribution in [0.15, 0.2) is 48.7 Å². The number of benzene rings is 1. The minimum absolute atomic E-state index is 0.0277. The molecule has 1 aliphatic rings. The summed E-state index contributed by atoms with van der Waals surface area (Å²) < 4.78 is 5.36. The van der Waals surface area contributed by atoms with Crippen molar-refractivity contribution in [2.45, 2.75) is 19.4 Å². The van der Waals surface area contributed by atoms with Gasteiger partial charge in [-0.15, -0.1) is 0 Å². The number of nitrogens with one attached hydrogen (secondary N) is 1. The van der Waals surface area contributed by atoms with Crippen molar-refractivity contribution in [3.63, 3.8) is 0 Å². The third-order valence-electron chi connectivity index (χ3n) is 4.74. The SMILES string of the molecule is COC[C@@H]1CN(C(=O)NCc2ccc(C)cc2)C[C@H]1c1ccccn1. The van der Waals surface area contributed by atoms with E-state index >= 15 is 0 Å². The molecule has 1 aromatic carbocycles. The van der Waals surface area contributed by atoms with E-state index in [1.807, 2.05) is 35.2 Å². The van der Waals surface area contributed by atoms with Crippen LogP contribution in [0.2, 0.25) is 0 Å². The van der Waals surface area contributed by atoms with Crippen LogP contribution in [0, 0.1) is 12.8 Å². The lowest BCUT2D eigenvalue weighted by atomic mass is 9.93. The summed E-state index contributed by atoms with van der Waals surface area (Å²) in [6, 6.07) is 14.1. The number of hydrogen-bond acceptors (Lipinski definition) is 3. The number of ether oxygens (including phenoxy) is 1.